The molecule has 2 atom stereocenters. The van der Waals surface area contributed by atoms with Gasteiger partial charge in [0, 0.05) is 11.8 Å². The zero-order valence-electron chi connectivity index (χ0n) is 10.4. The van der Waals surface area contributed by atoms with Crippen molar-refractivity contribution < 1.29 is 14.6 Å². The Labute approximate surface area is 108 Å². The quantitative estimate of drug-likeness (QED) is 0.489. The van der Waals surface area contributed by atoms with Crippen molar-refractivity contribution in [2.75, 3.05) is 6.61 Å². The van der Waals surface area contributed by atoms with Crippen LogP contribution >= 0.6 is 0 Å². The van der Waals surface area contributed by atoms with E-state index in [2.05, 4.69) is 4.98 Å². The number of carbonyl (C=O) groups excluding carboxylic acids is 1. The minimum absolute atomic E-state index is 0.0480. The molecule has 0 amide bonds. The fourth-order valence-electron chi connectivity index (χ4n) is 1.83. The van der Waals surface area contributed by atoms with E-state index in [4.69, 9.17) is 20.0 Å². The largest absolute Gasteiger partial charge is 0.394 e. The van der Waals surface area contributed by atoms with Crippen molar-refractivity contribution in [1.82, 2.24) is 9.55 Å². The van der Waals surface area contributed by atoms with Crippen molar-refractivity contribution in [1.29, 1.82) is 5.41 Å². The van der Waals surface area contributed by atoms with Gasteiger partial charge in [-0.05, 0) is 19.8 Å². The molecule has 1 aliphatic heterocycles. The van der Waals surface area contributed by atoms with E-state index in [0.29, 0.717) is 18.4 Å². The SMILES string of the molecule is Cc1cn(C2CCC(CO)O2)c(=O)[nH]c1=O.N=C=O. The van der Waals surface area contributed by atoms with Gasteiger partial charge in [-0.1, -0.05) is 0 Å². The highest BCUT2D eigenvalue weighted by Gasteiger charge is 2.26. The minimum atomic E-state index is -0.473. The van der Waals surface area contributed by atoms with Gasteiger partial charge < -0.3 is 9.84 Å². The average Bonchev–Trinajstić information content (AvgIpc) is 2.83. The Morgan fingerprint density at radius 1 is 1.58 bits per heavy atom. The van der Waals surface area contributed by atoms with Gasteiger partial charge >= 0.3 is 5.69 Å². The fraction of sp³-hybridized carbons (Fsp3) is 0.545. The molecular weight excluding hydrogens is 254 g/mol. The minimum Gasteiger partial charge on any atom is -0.394 e. The summed E-state index contributed by atoms with van der Waals surface area (Å²) in [5.41, 5.74) is -0.382. The van der Waals surface area contributed by atoms with Crippen molar-refractivity contribution in [3.8, 4) is 0 Å². The summed E-state index contributed by atoms with van der Waals surface area (Å²) in [6, 6.07) is 0. The first kappa shape index (κ1) is 15.0. The highest BCUT2D eigenvalue weighted by atomic mass is 16.5. The van der Waals surface area contributed by atoms with Gasteiger partial charge in [-0.3, -0.25) is 14.3 Å². The molecule has 8 heteroatoms. The van der Waals surface area contributed by atoms with Crippen LogP contribution in [0.1, 0.15) is 24.6 Å². The summed E-state index contributed by atoms with van der Waals surface area (Å²) in [7, 11) is 0. The molecule has 2 heterocycles. The van der Waals surface area contributed by atoms with E-state index in [0.717, 1.165) is 6.08 Å². The third-order valence-electron chi connectivity index (χ3n) is 2.74. The number of aryl methyl sites for hydroxylation is 1. The van der Waals surface area contributed by atoms with Gasteiger partial charge in [-0.15, -0.1) is 0 Å². The second-order valence-electron chi connectivity index (χ2n) is 4.05. The molecule has 2 rings (SSSR count). The van der Waals surface area contributed by atoms with Crippen molar-refractivity contribution in [3.05, 3.63) is 32.6 Å². The van der Waals surface area contributed by atoms with Crippen LogP contribution in [0.5, 0.6) is 0 Å². The number of aromatic nitrogens is 2. The number of aliphatic hydroxyl groups excluding tert-OH is 1. The van der Waals surface area contributed by atoms with Crippen LogP contribution in [0, 0.1) is 12.3 Å². The smallest absolute Gasteiger partial charge is 0.330 e. The molecule has 1 aromatic rings. The van der Waals surface area contributed by atoms with Crippen LogP contribution in [0.25, 0.3) is 0 Å². The number of nitrogens with one attached hydrogen (secondary N) is 2. The van der Waals surface area contributed by atoms with E-state index in [1.807, 2.05) is 0 Å². The Morgan fingerprint density at radius 2 is 2.21 bits per heavy atom. The van der Waals surface area contributed by atoms with Crippen LogP contribution in [0.4, 0.5) is 0 Å². The number of isocyanates is 1. The topological polar surface area (TPSA) is 125 Å². The maximum absolute atomic E-state index is 11.5. The van der Waals surface area contributed by atoms with Gasteiger partial charge in [0.25, 0.3) is 5.56 Å². The molecule has 0 radical (unpaired) electrons. The average molecular weight is 269 g/mol. The van der Waals surface area contributed by atoms with Gasteiger partial charge in [0.15, 0.2) is 0 Å². The zero-order valence-corrected chi connectivity index (χ0v) is 10.4. The Kier molecular flexibility index (Phi) is 5.37. The monoisotopic (exact) mass is 269 g/mol. The number of rotatable bonds is 2. The lowest BCUT2D eigenvalue weighted by Crippen LogP contribution is -2.33. The molecule has 2 unspecified atom stereocenters. The van der Waals surface area contributed by atoms with Crippen LogP contribution < -0.4 is 11.2 Å². The van der Waals surface area contributed by atoms with Gasteiger partial charge in [-0.25, -0.2) is 15.0 Å². The summed E-state index contributed by atoms with van der Waals surface area (Å²) < 4.78 is 6.83. The highest BCUT2D eigenvalue weighted by Crippen LogP contribution is 2.26. The fourth-order valence-corrected chi connectivity index (χ4v) is 1.83. The molecule has 19 heavy (non-hydrogen) atoms. The summed E-state index contributed by atoms with van der Waals surface area (Å²) in [6.45, 7) is 1.58. The van der Waals surface area contributed by atoms with Crippen LogP contribution in [-0.2, 0) is 9.53 Å². The lowest BCUT2D eigenvalue weighted by molar-refractivity contribution is -0.0247. The van der Waals surface area contributed by atoms with Gasteiger partial charge in [0.05, 0.1) is 12.7 Å². The molecule has 0 saturated carbocycles. The summed E-state index contributed by atoms with van der Waals surface area (Å²) in [5.74, 6) is 0. The van der Waals surface area contributed by atoms with Gasteiger partial charge in [-0.2, -0.15) is 0 Å². The third-order valence-corrected chi connectivity index (χ3v) is 2.74. The van der Waals surface area contributed by atoms with E-state index < -0.39 is 5.69 Å². The van der Waals surface area contributed by atoms with Crippen LogP contribution in [0.3, 0.4) is 0 Å². The molecule has 0 aliphatic carbocycles. The Bertz CT molecular complexity index is 570. The summed E-state index contributed by atoms with van der Waals surface area (Å²) >= 11 is 0. The van der Waals surface area contributed by atoms with E-state index in [1.54, 1.807) is 6.92 Å². The standard InChI is InChI=1S/C10H14N2O4.CHNO/c1-6-4-12(10(15)11-9(6)14)8-3-2-7(5-13)16-8;2-1-3/h4,7-8,13H,2-3,5H2,1H3,(H,11,14,15);2H. The molecule has 8 nitrogen and oxygen atoms in total. The number of hydrogen-bond donors (Lipinski definition) is 3. The molecule has 1 saturated heterocycles. The highest BCUT2D eigenvalue weighted by molar-refractivity contribution is 5.26. The number of aromatic amines is 1. The molecule has 0 aromatic carbocycles. The molecule has 104 valence electrons. The molecule has 1 fully saturated rings. The number of hydrogen-bond acceptors (Lipinski definition) is 6. The normalized spacial score (nSPS) is 21.4. The van der Waals surface area contributed by atoms with Crippen molar-refractivity contribution >= 4 is 6.08 Å². The maximum Gasteiger partial charge on any atom is 0.330 e. The predicted molar refractivity (Wildman–Crippen MR) is 64.7 cm³/mol. The second kappa shape index (κ2) is 6.79. The molecule has 1 aliphatic rings. The molecular formula is C11H15N3O5. The summed E-state index contributed by atoms with van der Waals surface area (Å²) in [4.78, 5) is 33.3. The first-order valence-corrected chi connectivity index (χ1v) is 5.65. The number of aliphatic hydroxyl groups is 1. The number of H-pyrrole nitrogens is 1. The van der Waals surface area contributed by atoms with E-state index in [9.17, 15) is 9.59 Å². The molecule has 0 spiro atoms. The molecule has 0 bridgehead atoms. The first-order chi connectivity index (χ1) is 9.03. The van der Waals surface area contributed by atoms with E-state index in [-0.39, 0.29) is 24.5 Å². The van der Waals surface area contributed by atoms with Crippen molar-refractivity contribution in [3.63, 3.8) is 0 Å². The summed E-state index contributed by atoms with van der Waals surface area (Å²) in [6.07, 6.45) is 3.01. The predicted octanol–water partition coefficient (Wildman–Crippen LogP) is -0.584. The van der Waals surface area contributed by atoms with E-state index in [1.165, 1.54) is 10.8 Å². The third kappa shape index (κ3) is 3.72. The second-order valence-corrected chi connectivity index (χ2v) is 4.05. The van der Waals surface area contributed by atoms with Gasteiger partial charge in [0.1, 0.15) is 6.23 Å². The number of ether oxygens (including phenoxy) is 1. The van der Waals surface area contributed by atoms with Crippen LogP contribution in [-0.4, -0.2) is 33.4 Å². The van der Waals surface area contributed by atoms with Crippen molar-refractivity contribution in [2.24, 2.45) is 0 Å². The van der Waals surface area contributed by atoms with Gasteiger partial charge in [0.2, 0.25) is 6.08 Å². The lowest BCUT2D eigenvalue weighted by Gasteiger charge is -2.14. The Balaban J connectivity index is 0.000000550. The van der Waals surface area contributed by atoms with Crippen molar-refractivity contribution in [2.45, 2.75) is 32.1 Å². The lowest BCUT2D eigenvalue weighted by atomic mass is 10.2. The van der Waals surface area contributed by atoms with Crippen LogP contribution in [0.2, 0.25) is 0 Å². The number of nitrogens with zero attached hydrogens (tertiary/aromatic N) is 1. The van der Waals surface area contributed by atoms with E-state index >= 15 is 0 Å². The molecule has 1 aromatic heterocycles. The Hall–Kier alpha value is -2.02. The molecule has 3 N–H and O–H groups in total. The van der Waals surface area contributed by atoms with Crippen LogP contribution in [0.15, 0.2) is 15.8 Å². The maximum atomic E-state index is 11.5. The first-order valence-electron chi connectivity index (χ1n) is 5.65. The Morgan fingerprint density at radius 3 is 2.74 bits per heavy atom. The zero-order chi connectivity index (χ0) is 14.4. The summed E-state index contributed by atoms with van der Waals surface area (Å²) in [5, 5.41) is 14.3.